The highest BCUT2D eigenvalue weighted by molar-refractivity contribution is 5.75. The monoisotopic (exact) mass is 231 g/mol. The molecule has 1 saturated heterocycles. The Hall–Kier alpha value is -0.650. The Kier molecular flexibility index (Phi) is 5.18. The van der Waals surface area contributed by atoms with Crippen LogP contribution in [0.3, 0.4) is 0 Å². The molecule has 0 spiro atoms. The van der Waals surface area contributed by atoms with Gasteiger partial charge in [-0.25, -0.2) is 0 Å². The zero-order valence-corrected chi connectivity index (χ0v) is 9.93. The summed E-state index contributed by atoms with van der Waals surface area (Å²) in [5, 5.41) is 18.9. The Bertz CT molecular complexity index is 224. The van der Waals surface area contributed by atoms with Crippen LogP contribution in [0.4, 0.5) is 0 Å². The fourth-order valence-corrected chi connectivity index (χ4v) is 2.01. The number of hydrogen-bond acceptors (Lipinski definition) is 5. The van der Waals surface area contributed by atoms with Crippen molar-refractivity contribution in [2.24, 2.45) is 0 Å². The first-order valence-electron chi connectivity index (χ1n) is 5.86. The molecule has 5 heteroatoms. The topological polar surface area (TPSA) is 70.0 Å². The van der Waals surface area contributed by atoms with Gasteiger partial charge >= 0.3 is 5.97 Å². The SMILES string of the molecule is CCCC(C(=O)OCC)N1CC(O)C(O)C1. The van der Waals surface area contributed by atoms with Gasteiger partial charge in [-0.1, -0.05) is 13.3 Å². The van der Waals surface area contributed by atoms with E-state index in [-0.39, 0.29) is 12.0 Å². The summed E-state index contributed by atoms with van der Waals surface area (Å²) in [6.07, 6.45) is 0.0485. The van der Waals surface area contributed by atoms with Gasteiger partial charge in [-0.3, -0.25) is 9.69 Å². The third-order valence-electron chi connectivity index (χ3n) is 2.85. The van der Waals surface area contributed by atoms with Crippen LogP contribution in [0.5, 0.6) is 0 Å². The standard InChI is InChI=1S/C11H21NO4/c1-3-5-8(11(15)16-4-2)12-6-9(13)10(14)7-12/h8-10,13-14H,3-7H2,1-2H3. The highest BCUT2D eigenvalue weighted by Gasteiger charge is 2.36. The van der Waals surface area contributed by atoms with Crippen molar-refractivity contribution < 1.29 is 19.7 Å². The molecule has 0 bridgehead atoms. The molecule has 0 aromatic rings. The van der Waals surface area contributed by atoms with Crippen LogP contribution in [-0.2, 0) is 9.53 Å². The van der Waals surface area contributed by atoms with E-state index in [9.17, 15) is 15.0 Å². The van der Waals surface area contributed by atoms with E-state index in [4.69, 9.17) is 4.74 Å². The Labute approximate surface area is 96.0 Å². The van der Waals surface area contributed by atoms with Gasteiger partial charge in [-0.2, -0.15) is 0 Å². The van der Waals surface area contributed by atoms with E-state index in [1.54, 1.807) is 11.8 Å². The minimum Gasteiger partial charge on any atom is -0.465 e. The lowest BCUT2D eigenvalue weighted by Gasteiger charge is -2.25. The second kappa shape index (κ2) is 6.18. The molecule has 16 heavy (non-hydrogen) atoms. The fourth-order valence-electron chi connectivity index (χ4n) is 2.01. The third-order valence-corrected chi connectivity index (χ3v) is 2.85. The van der Waals surface area contributed by atoms with Crippen LogP contribution in [0.15, 0.2) is 0 Å². The number of ether oxygens (including phenoxy) is 1. The molecule has 1 fully saturated rings. The van der Waals surface area contributed by atoms with Gasteiger partial charge in [0.05, 0.1) is 18.8 Å². The Morgan fingerprint density at radius 1 is 1.38 bits per heavy atom. The van der Waals surface area contributed by atoms with Crippen molar-refractivity contribution in [3.05, 3.63) is 0 Å². The molecule has 1 aliphatic rings. The smallest absolute Gasteiger partial charge is 0.323 e. The molecule has 0 aromatic heterocycles. The number of esters is 1. The molecule has 0 aromatic carbocycles. The number of β-amino-alcohol motifs (C(OH)–C–C–N with tert-alkyl or cyclic N) is 2. The van der Waals surface area contributed by atoms with Crippen molar-refractivity contribution in [3.63, 3.8) is 0 Å². The van der Waals surface area contributed by atoms with Crippen molar-refractivity contribution in [1.29, 1.82) is 0 Å². The highest BCUT2D eigenvalue weighted by Crippen LogP contribution is 2.17. The molecule has 0 aliphatic carbocycles. The van der Waals surface area contributed by atoms with Crippen molar-refractivity contribution in [1.82, 2.24) is 4.90 Å². The molecule has 3 atom stereocenters. The zero-order valence-electron chi connectivity index (χ0n) is 9.93. The van der Waals surface area contributed by atoms with Gasteiger partial charge in [0.1, 0.15) is 6.04 Å². The second-order valence-electron chi connectivity index (χ2n) is 4.15. The van der Waals surface area contributed by atoms with E-state index in [2.05, 4.69) is 0 Å². The van der Waals surface area contributed by atoms with Gasteiger partial charge in [0.15, 0.2) is 0 Å². The predicted molar refractivity (Wildman–Crippen MR) is 58.9 cm³/mol. The molecule has 1 aliphatic heterocycles. The van der Waals surface area contributed by atoms with Crippen LogP contribution in [0.2, 0.25) is 0 Å². The summed E-state index contributed by atoms with van der Waals surface area (Å²) in [4.78, 5) is 13.5. The van der Waals surface area contributed by atoms with Crippen LogP contribution in [0, 0.1) is 0 Å². The molecule has 2 N–H and O–H groups in total. The lowest BCUT2D eigenvalue weighted by Crippen LogP contribution is -2.41. The van der Waals surface area contributed by atoms with Gasteiger partial charge in [-0.15, -0.1) is 0 Å². The van der Waals surface area contributed by atoms with Crippen LogP contribution < -0.4 is 0 Å². The van der Waals surface area contributed by atoms with Gasteiger partial charge in [0.25, 0.3) is 0 Å². The molecule has 1 heterocycles. The molecule has 0 amide bonds. The van der Waals surface area contributed by atoms with Gasteiger partial charge in [0.2, 0.25) is 0 Å². The van der Waals surface area contributed by atoms with Crippen molar-refractivity contribution in [3.8, 4) is 0 Å². The number of likely N-dealkylation sites (tertiary alicyclic amines) is 1. The van der Waals surface area contributed by atoms with Crippen molar-refractivity contribution in [2.75, 3.05) is 19.7 Å². The summed E-state index contributed by atoms with van der Waals surface area (Å²) in [7, 11) is 0. The first-order valence-corrected chi connectivity index (χ1v) is 5.86. The summed E-state index contributed by atoms with van der Waals surface area (Å²) < 4.78 is 5.00. The number of hydrogen-bond donors (Lipinski definition) is 2. The van der Waals surface area contributed by atoms with E-state index in [1.165, 1.54) is 0 Å². The maximum absolute atomic E-state index is 11.7. The summed E-state index contributed by atoms with van der Waals surface area (Å²) in [6.45, 7) is 4.80. The molecule has 0 saturated carbocycles. The molecule has 3 unspecified atom stereocenters. The lowest BCUT2D eigenvalue weighted by atomic mass is 10.1. The third kappa shape index (κ3) is 3.17. The normalized spacial score (nSPS) is 28.0. The van der Waals surface area contributed by atoms with Gasteiger partial charge < -0.3 is 14.9 Å². The van der Waals surface area contributed by atoms with Crippen molar-refractivity contribution in [2.45, 2.75) is 44.9 Å². The van der Waals surface area contributed by atoms with E-state index < -0.39 is 12.2 Å². The van der Waals surface area contributed by atoms with Crippen LogP contribution in [0.1, 0.15) is 26.7 Å². The van der Waals surface area contributed by atoms with Crippen LogP contribution >= 0.6 is 0 Å². The quantitative estimate of drug-likeness (QED) is 0.639. The lowest BCUT2D eigenvalue weighted by molar-refractivity contribution is -0.149. The van der Waals surface area contributed by atoms with Gasteiger partial charge in [0, 0.05) is 13.1 Å². The van der Waals surface area contributed by atoms with Crippen LogP contribution in [-0.4, -0.2) is 59.0 Å². The summed E-state index contributed by atoms with van der Waals surface area (Å²) >= 11 is 0. The van der Waals surface area contributed by atoms with E-state index >= 15 is 0 Å². The minimum atomic E-state index is -0.756. The Balaban J connectivity index is 2.60. The molecular formula is C11H21NO4. The molecule has 94 valence electrons. The second-order valence-corrected chi connectivity index (χ2v) is 4.15. The number of carbonyl (C=O) groups is 1. The van der Waals surface area contributed by atoms with E-state index in [1.807, 2.05) is 6.92 Å². The Morgan fingerprint density at radius 3 is 2.38 bits per heavy atom. The van der Waals surface area contributed by atoms with Crippen LogP contribution in [0.25, 0.3) is 0 Å². The minimum absolute atomic E-state index is 0.259. The molecular weight excluding hydrogens is 210 g/mol. The Morgan fingerprint density at radius 2 is 1.94 bits per heavy atom. The van der Waals surface area contributed by atoms with E-state index in [0.717, 1.165) is 6.42 Å². The number of aliphatic hydroxyl groups is 2. The summed E-state index contributed by atoms with van der Waals surface area (Å²) in [5.74, 6) is -0.259. The number of carbonyl (C=O) groups excluding carboxylic acids is 1. The number of aliphatic hydroxyl groups excluding tert-OH is 2. The molecule has 5 nitrogen and oxygen atoms in total. The highest BCUT2D eigenvalue weighted by atomic mass is 16.5. The van der Waals surface area contributed by atoms with E-state index in [0.29, 0.717) is 26.1 Å². The average molecular weight is 231 g/mol. The zero-order chi connectivity index (χ0) is 12.1. The fraction of sp³-hybridized carbons (Fsp3) is 0.909. The van der Waals surface area contributed by atoms with Crippen molar-refractivity contribution >= 4 is 5.97 Å². The summed E-state index contributed by atoms with van der Waals surface area (Å²) in [5.41, 5.74) is 0. The maximum Gasteiger partial charge on any atom is 0.323 e. The number of rotatable bonds is 5. The number of nitrogens with zero attached hydrogens (tertiary/aromatic N) is 1. The average Bonchev–Trinajstić information content (AvgIpc) is 2.55. The maximum atomic E-state index is 11.7. The first-order chi connectivity index (χ1) is 7.60. The predicted octanol–water partition coefficient (Wildman–Crippen LogP) is -0.244. The molecule has 1 rings (SSSR count). The summed E-state index contributed by atoms with van der Waals surface area (Å²) in [6, 6.07) is -0.336. The first kappa shape index (κ1) is 13.4. The molecule has 0 radical (unpaired) electrons. The van der Waals surface area contributed by atoms with Gasteiger partial charge in [-0.05, 0) is 13.3 Å². The largest absolute Gasteiger partial charge is 0.465 e.